The molecule has 126 valence electrons. The average molecular weight is 348 g/mol. The Morgan fingerprint density at radius 2 is 2.08 bits per heavy atom. The summed E-state index contributed by atoms with van der Waals surface area (Å²) >= 11 is 6.20. The first-order chi connectivity index (χ1) is 11.5. The van der Waals surface area contributed by atoms with Gasteiger partial charge in [0.05, 0.1) is 17.0 Å². The number of aryl methyl sites for hydroxylation is 1. The number of likely N-dealkylation sites (tertiary alicyclic amines) is 1. The third-order valence-corrected chi connectivity index (χ3v) is 4.57. The Balaban J connectivity index is 2.03. The standard InChI is InChI=1S/C17H17ClN2O4/c1-10-14(15(19-24-10)11-6-2-3-7-12(11)18)16(21)20-9-5-4-8-13(20)17(22)23/h2-3,6-7,13H,4-5,8-9H2,1H3,(H,22,23)/p-1/t13-/m1/s1. The third-order valence-electron chi connectivity index (χ3n) is 4.24. The van der Waals surface area contributed by atoms with Crippen LogP contribution in [-0.4, -0.2) is 34.5 Å². The maximum atomic E-state index is 13.0. The van der Waals surface area contributed by atoms with Crippen LogP contribution in [0.2, 0.25) is 5.02 Å². The molecule has 0 N–H and O–H groups in total. The molecule has 1 saturated heterocycles. The van der Waals surface area contributed by atoms with Crippen LogP contribution in [0, 0.1) is 6.92 Å². The van der Waals surface area contributed by atoms with Gasteiger partial charge in [-0.1, -0.05) is 35.0 Å². The van der Waals surface area contributed by atoms with Gasteiger partial charge in [-0.3, -0.25) is 4.79 Å². The molecule has 0 bridgehead atoms. The second-order valence-corrected chi connectivity index (χ2v) is 6.18. The first-order valence-electron chi connectivity index (χ1n) is 7.73. The SMILES string of the molecule is Cc1onc(-c2ccccc2Cl)c1C(=O)N1CCCC[C@@H]1C(=O)[O-]. The number of carboxylic acid groups (broad SMARTS) is 1. The Kier molecular flexibility index (Phi) is 4.57. The van der Waals surface area contributed by atoms with Crippen molar-refractivity contribution in [1.29, 1.82) is 0 Å². The molecule has 1 aromatic heterocycles. The van der Waals surface area contributed by atoms with E-state index in [9.17, 15) is 14.7 Å². The van der Waals surface area contributed by atoms with Gasteiger partial charge < -0.3 is 19.3 Å². The zero-order valence-electron chi connectivity index (χ0n) is 13.1. The normalized spacial score (nSPS) is 17.8. The molecule has 0 spiro atoms. The van der Waals surface area contributed by atoms with Gasteiger partial charge in [-0.05, 0) is 32.3 Å². The summed E-state index contributed by atoms with van der Waals surface area (Å²) in [5.74, 6) is -1.33. The van der Waals surface area contributed by atoms with E-state index in [4.69, 9.17) is 16.1 Å². The summed E-state index contributed by atoms with van der Waals surface area (Å²) in [6, 6.07) is 6.06. The van der Waals surface area contributed by atoms with Crippen LogP contribution < -0.4 is 5.11 Å². The lowest BCUT2D eigenvalue weighted by atomic mass is 9.99. The van der Waals surface area contributed by atoms with E-state index in [1.165, 1.54) is 4.90 Å². The zero-order valence-corrected chi connectivity index (χ0v) is 13.9. The highest BCUT2D eigenvalue weighted by atomic mass is 35.5. The average Bonchev–Trinajstić information content (AvgIpc) is 2.96. The molecule has 2 heterocycles. The van der Waals surface area contributed by atoms with E-state index in [1.807, 2.05) is 0 Å². The number of aromatic nitrogens is 1. The molecule has 0 radical (unpaired) electrons. The minimum Gasteiger partial charge on any atom is -0.548 e. The van der Waals surface area contributed by atoms with Gasteiger partial charge in [-0.2, -0.15) is 0 Å². The van der Waals surface area contributed by atoms with Crippen molar-refractivity contribution in [3.8, 4) is 11.3 Å². The molecule has 3 rings (SSSR count). The summed E-state index contributed by atoms with van der Waals surface area (Å²) in [6.45, 7) is 1.99. The maximum Gasteiger partial charge on any atom is 0.260 e. The Bertz CT molecular complexity index is 787. The third kappa shape index (κ3) is 2.89. The van der Waals surface area contributed by atoms with Crippen LogP contribution >= 0.6 is 11.6 Å². The van der Waals surface area contributed by atoms with Crippen molar-refractivity contribution in [3.05, 3.63) is 40.6 Å². The number of carbonyl (C=O) groups excluding carboxylic acids is 2. The van der Waals surface area contributed by atoms with E-state index in [0.29, 0.717) is 35.0 Å². The van der Waals surface area contributed by atoms with Crippen molar-refractivity contribution < 1.29 is 19.2 Å². The lowest BCUT2D eigenvalue weighted by molar-refractivity contribution is -0.311. The van der Waals surface area contributed by atoms with E-state index >= 15 is 0 Å². The number of hydrogen-bond donors (Lipinski definition) is 0. The van der Waals surface area contributed by atoms with E-state index < -0.39 is 17.9 Å². The van der Waals surface area contributed by atoms with E-state index in [1.54, 1.807) is 31.2 Å². The number of hydrogen-bond acceptors (Lipinski definition) is 5. The van der Waals surface area contributed by atoms with Crippen molar-refractivity contribution in [1.82, 2.24) is 10.1 Å². The molecule has 1 aliphatic rings. The number of halogens is 1. The Morgan fingerprint density at radius 1 is 1.33 bits per heavy atom. The van der Waals surface area contributed by atoms with E-state index in [0.717, 1.165) is 12.8 Å². The molecule has 1 aromatic carbocycles. The summed E-state index contributed by atoms with van der Waals surface area (Å²) in [5, 5.41) is 15.8. The number of rotatable bonds is 3. The van der Waals surface area contributed by atoms with E-state index in [2.05, 4.69) is 5.16 Å². The molecule has 0 aliphatic carbocycles. The van der Waals surface area contributed by atoms with Gasteiger partial charge in [0, 0.05) is 12.1 Å². The van der Waals surface area contributed by atoms with Crippen LogP contribution in [-0.2, 0) is 4.79 Å². The van der Waals surface area contributed by atoms with Gasteiger partial charge in [0.25, 0.3) is 5.91 Å². The first-order valence-corrected chi connectivity index (χ1v) is 8.11. The Labute approximate surface area is 144 Å². The molecule has 1 atom stereocenters. The number of benzene rings is 1. The van der Waals surface area contributed by atoms with Gasteiger partial charge in [0.1, 0.15) is 17.0 Å². The number of aliphatic carboxylic acids is 1. The highest BCUT2D eigenvalue weighted by Gasteiger charge is 2.33. The number of carboxylic acids is 1. The van der Waals surface area contributed by atoms with Crippen LogP contribution in [0.5, 0.6) is 0 Å². The predicted octanol–water partition coefficient (Wildman–Crippen LogP) is 2.05. The lowest BCUT2D eigenvalue weighted by Crippen LogP contribution is -2.53. The monoisotopic (exact) mass is 347 g/mol. The van der Waals surface area contributed by atoms with Crippen LogP contribution in [0.1, 0.15) is 35.4 Å². The quantitative estimate of drug-likeness (QED) is 0.848. The molecule has 0 unspecified atom stereocenters. The van der Waals surface area contributed by atoms with Crippen molar-refractivity contribution in [2.45, 2.75) is 32.2 Å². The van der Waals surface area contributed by atoms with Crippen molar-refractivity contribution in [2.24, 2.45) is 0 Å². The van der Waals surface area contributed by atoms with Gasteiger partial charge >= 0.3 is 0 Å². The van der Waals surface area contributed by atoms with Gasteiger partial charge in [-0.15, -0.1) is 0 Å². The fourth-order valence-electron chi connectivity index (χ4n) is 3.02. The van der Waals surface area contributed by atoms with Crippen LogP contribution in [0.4, 0.5) is 0 Å². The highest BCUT2D eigenvalue weighted by molar-refractivity contribution is 6.33. The number of carbonyl (C=O) groups is 2. The summed E-state index contributed by atoms with van der Waals surface area (Å²) < 4.78 is 5.19. The molecule has 7 heteroatoms. The van der Waals surface area contributed by atoms with Crippen LogP contribution in [0.25, 0.3) is 11.3 Å². The Morgan fingerprint density at radius 3 is 2.79 bits per heavy atom. The fraction of sp³-hybridized carbons (Fsp3) is 0.353. The molecule has 1 amide bonds. The van der Waals surface area contributed by atoms with Gasteiger partial charge in [0.15, 0.2) is 0 Å². The second-order valence-electron chi connectivity index (χ2n) is 5.77. The molecular weight excluding hydrogens is 332 g/mol. The summed E-state index contributed by atoms with van der Waals surface area (Å²) in [5.41, 5.74) is 1.14. The lowest BCUT2D eigenvalue weighted by Gasteiger charge is -2.36. The molecule has 1 aliphatic heterocycles. The minimum absolute atomic E-state index is 0.247. The highest BCUT2D eigenvalue weighted by Crippen LogP contribution is 2.32. The molecule has 6 nitrogen and oxygen atoms in total. The summed E-state index contributed by atoms with van der Waals surface area (Å²) in [6.07, 6.45) is 1.89. The molecule has 24 heavy (non-hydrogen) atoms. The number of amides is 1. The predicted molar refractivity (Wildman–Crippen MR) is 85.4 cm³/mol. The maximum absolute atomic E-state index is 13.0. The Hall–Kier alpha value is -2.34. The minimum atomic E-state index is -1.24. The number of nitrogens with zero attached hydrogens (tertiary/aromatic N) is 2. The van der Waals surface area contributed by atoms with Gasteiger partial charge in [0.2, 0.25) is 0 Å². The fourth-order valence-corrected chi connectivity index (χ4v) is 3.25. The van der Waals surface area contributed by atoms with Crippen LogP contribution in [0.3, 0.4) is 0 Å². The second kappa shape index (κ2) is 6.65. The topological polar surface area (TPSA) is 86.5 Å². The first kappa shape index (κ1) is 16.5. The van der Waals surface area contributed by atoms with E-state index in [-0.39, 0.29) is 5.56 Å². The van der Waals surface area contributed by atoms with Crippen LogP contribution in [0.15, 0.2) is 28.8 Å². The molecule has 0 saturated carbocycles. The van der Waals surface area contributed by atoms with Crippen molar-refractivity contribution in [2.75, 3.05) is 6.54 Å². The number of piperidine rings is 1. The molecule has 2 aromatic rings. The van der Waals surface area contributed by atoms with Crippen molar-refractivity contribution >= 4 is 23.5 Å². The van der Waals surface area contributed by atoms with Gasteiger partial charge in [-0.25, -0.2) is 0 Å². The smallest absolute Gasteiger partial charge is 0.260 e. The van der Waals surface area contributed by atoms with Crippen molar-refractivity contribution in [3.63, 3.8) is 0 Å². The molecule has 1 fully saturated rings. The largest absolute Gasteiger partial charge is 0.548 e. The zero-order chi connectivity index (χ0) is 17.3. The molecular formula is C17H16ClN2O4-. The summed E-state index contributed by atoms with van der Waals surface area (Å²) in [4.78, 5) is 25.7. The summed E-state index contributed by atoms with van der Waals surface area (Å²) in [7, 11) is 0.